The van der Waals surface area contributed by atoms with E-state index >= 15 is 0 Å². The summed E-state index contributed by atoms with van der Waals surface area (Å²) in [6, 6.07) is 29.9. The lowest BCUT2D eigenvalue weighted by Crippen LogP contribution is -2.38. The van der Waals surface area contributed by atoms with Crippen LogP contribution in [0.15, 0.2) is 111 Å². The molecule has 1 aliphatic carbocycles. The van der Waals surface area contributed by atoms with Crippen LogP contribution in [0.1, 0.15) is 40.3 Å². The molecule has 1 aromatic heterocycles. The summed E-state index contributed by atoms with van der Waals surface area (Å²) in [4.78, 5) is 20.0. The summed E-state index contributed by atoms with van der Waals surface area (Å²) in [6.07, 6.45) is 3.64. The van der Waals surface area contributed by atoms with E-state index in [1.165, 1.54) is 16.9 Å². The van der Waals surface area contributed by atoms with Crippen LogP contribution in [-0.4, -0.2) is 18.8 Å². The lowest BCUT2D eigenvalue weighted by atomic mass is 9.83. The number of fused-ring (bicyclic) bond motifs is 3. The molecule has 0 spiro atoms. The Hall–Kier alpha value is -4.40. The van der Waals surface area contributed by atoms with E-state index in [4.69, 9.17) is 19.2 Å². The van der Waals surface area contributed by atoms with Crippen molar-refractivity contribution in [1.29, 1.82) is 0 Å². The number of ether oxygens (including phenoxy) is 3. The summed E-state index contributed by atoms with van der Waals surface area (Å²) in [5.74, 6) is 2.02. The Kier molecular flexibility index (Phi) is 7.70. The number of hydrogen-bond acceptors (Lipinski definition) is 6. The van der Waals surface area contributed by atoms with Crippen LogP contribution in [0.2, 0.25) is 0 Å². The number of aromatic nitrogens is 1. The number of allylic oxidation sites excluding steroid dienone is 1. The van der Waals surface area contributed by atoms with Gasteiger partial charge in [-0.3, -0.25) is 9.36 Å². The second-order valence-electron chi connectivity index (χ2n) is 10.7. The Labute approximate surface area is 267 Å². The molecule has 0 saturated carbocycles. The van der Waals surface area contributed by atoms with E-state index in [1.807, 2.05) is 77.4 Å². The monoisotopic (exact) mass is 664 g/mol. The van der Waals surface area contributed by atoms with Gasteiger partial charge >= 0.3 is 0 Å². The van der Waals surface area contributed by atoms with Gasteiger partial charge in [-0.1, -0.05) is 81.9 Å². The van der Waals surface area contributed by atoms with Crippen molar-refractivity contribution in [2.45, 2.75) is 25.5 Å². The van der Waals surface area contributed by atoms with Gasteiger partial charge in [0.15, 0.2) is 16.3 Å². The maximum Gasteiger partial charge on any atom is 0.271 e. The second kappa shape index (κ2) is 11.9. The molecule has 5 aromatic rings. The van der Waals surface area contributed by atoms with Gasteiger partial charge in [-0.05, 0) is 83.1 Å². The third kappa shape index (κ3) is 5.29. The largest absolute Gasteiger partial charge is 0.493 e. The highest BCUT2D eigenvalue weighted by atomic mass is 79.9. The molecule has 44 heavy (non-hydrogen) atoms. The summed E-state index contributed by atoms with van der Waals surface area (Å²) in [5, 5.41) is 0. The second-order valence-corrected chi connectivity index (χ2v) is 12.6. The van der Waals surface area contributed by atoms with Gasteiger partial charge in [-0.25, -0.2) is 4.99 Å². The van der Waals surface area contributed by atoms with E-state index in [1.54, 1.807) is 14.2 Å². The molecule has 0 bridgehead atoms. The van der Waals surface area contributed by atoms with Crippen molar-refractivity contribution in [3.8, 4) is 17.2 Å². The molecule has 2 heterocycles. The summed E-state index contributed by atoms with van der Waals surface area (Å²) in [6.45, 7) is 0.456. The molecule has 6 nitrogen and oxygen atoms in total. The fourth-order valence-electron chi connectivity index (χ4n) is 5.94. The van der Waals surface area contributed by atoms with Gasteiger partial charge in [0.25, 0.3) is 5.56 Å². The first kappa shape index (κ1) is 28.4. The molecule has 2 aliphatic rings. The SMILES string of the molecule is COc1ccc(C2C3=C(N=c4sc(=Cc5cccc(OCc6ccc(Br)cc6)c5)c(=O)n42)c2ccccc2CC3)cc1OC. The average molecular weight is 666 g/mol. The minimum Gasteiger partial charge on any atom is -0.493 e. The molecule has 1 unspecified atom stereocenters. The smallest absolute Gasteiger partial charge is 0.271 e. The zero-order valence-corrected chi connectivity index (χ0v) is 26.7. The average Bonchev–Trinajstić information content (AvgIpc) is 3.37. The molecule has 7 rings (SSSR count). The van der Waals surface area contributed by atoms with Crippen LogP contribution in [0, 0.1) is 0 Å². The Bertz CT molecular complexity index is 2100. The minimum atomic E-state index is -0.308. The molecule has 8 heteroatoms. The van der Waals surface area contributed by atoms with Gasteiger partial charge in [0.2, 0.25) is 0 Å². The van der Waals surface area contributed by atoms with Crippen LogP contribution in [0.3, 0.4) is 0 Å². The fourth-order valence-corrected chi connectivity index (χ4v) is 7.20. The molecule has 0 fully saturated rings. The zero-order valence-electron chi connectivity index (χ0n) is 24.2. The van der Waals surface area contributed by atoms with Crippen molar-refractivity contribution in [2.75, 3.05) is 14.2 Å². The van der Waals surface area contributed by atoms with Crippen molar-refractivity contribution >= 4 is 39.0 Å². The number of aryl methyl sites for hydroxylation is 1. The molecule has 1 aliphatic heterocycles. The zero-order chi connectivity index (χ0) is 30.2. The Balaban J connectivity index is 1.32. The normalized spacial score (nSPS) is 15.6. The third-order valence-corrected chi connectivity index (χ3v) is 9.58. The van der Waals surface area contributed by atoms with E-state index in [-0.39, 0.29) is 11.6 Å². The molecule has 220 valence electrons. The van der Waals surface area contributed by atoms with E-state index in [9.17, 15) is 4.79 Å². The molecular formula is C36H29BrN2O4S. The van der Waals surface area contributed by atoms with Crippen molar-refractivity contribution in [3.63, 3.8) is 0 Å². The molecule has 0 amide bonds. The molecule has 0 radical (unpaired) electrons. The van der Waals surface area contributed by atoms with Crippen molar-refractivity contribution < 1.29 is 14.2 Å². The van der Waals surface area contributed by atoms with Gasteiger partial charge in [0.05, 0.1) is 30.5 Å². The summed E-state index contributed by atoms with van der Waals surface area (Å²) < 4.78 is 20.7. The number of thiazole rings is 1. The Morgan fingerprint density at radius 3 is 2.57 bits per heavy atom. The van der Waals surface area contributed by atoms with Gasteiger partial charge in [0.1, 0.15) is 12.4 Å². The van der Waals surface area contributed by atoms with Crippen LogP contribution in [0.25, 0.3) is 11.8 Å². The first-order chi connectivity index (χ1) is 21.5. The maximum atomic E-state index is 14.2. The van der Waals surface area contributed by atoms with E-state index in [2.05, 4.69) is 40.2 Å². The first-order valence-corrected chi connectivity index (χ1v) is 16.0. The van der Waals surface area contributed by atoms with Crippen molar-refractivity contribution in [1.82, 2.24) is 4.57 Å². The Morgan fingerprint density at radius 1 is 0.932 bits per heavy atom. The number of rotatable bonds is 7. The van der Waals surface area contributed by atoms with Crippen molar-refractivity contribution in [2.24, 2.45) is 4.99 Å². The van der Waals surface area contributed by atoms with E-state index in [0.717, 1.165) is 56.6 Å². The number of hydrogen-bond donors (Lipinski definition) is 0. The fraction of sp³-hybridized carbons (Fsp3) is 0.167. The van der Waals surface area contributed by atoms with Gasteiger partial charge in [-0.15, -0.1) is 0 Å². The quantitative estimate of drug-likeness (QED) is 0.195. The summed E-state index contributed by atoms with van der Waals surface area (Å²) in [5.41, 5.74) is 7.36. The number of benzene rings is 4. The van der Waals surface area contributed by atoms with Crippen LogP contribution >= 0.6 is 27.3 Å². The summed E-state index contributed by atoms with van der Waals surface area (Å²) >= 11 is 4.89. The molecule has 4 aromatic carbocycles. The molecule has 0 N–H and O–H groups in total. The van der Waals surface area contributed by atoms with Crippen LogP contribution in [0.4, 0.5) is 0 Å². The predicted octanol–water partition coefficient (Wildman–Crippen LogP) is 6.68. The van der Waals surface area contributed by atoms with Crippen LogP contribution in [0.5, 0.6) is 17.2 Å². The molecular weight excluding hydrogens is 636 g/mol. The third-order valence-electron chi connectivity index (χ3n) is 8.07. The number of nitrogens with zero attached hydrogens (tertiary/aromatic N) is 2. The topological polar surface area (TPSA) is 62.0 Å². The van der Waals surface area contributed by atoms with Gasteiger partial charge in [0, 0.05) is 10.0 Å². The van der Waals surface area contributed by atoms with E-state index < -0.39 is 0 Å². The Morgan fingerprint density at radius 2 is 1.75 bits per heavy atom. The summed E-state index contributed by atoms with van der Waals surface area (Å²) in [7, 11) is 3.26. The highest BCUT2D eigenvalue weighted by Crippen LogP contribution is 2.42. The predicted molar refractivity (Wildman–Crippen MR) is 177 cm³/mol. The first-order valence-electron chi connectivity index (χ1n) is 14.3. The standard InChI is InChI=1S/C36H29BrN2O4S/c1-41-30-17-13-25(20-31(30)42-2)34-29-16-12-24-7-3-4-9-28(24)33(29)38-36-39(34)35(40)32(44-36)19-23-6-5-8-27(18-23)43-21-22-10-14-26(37)15-11-22/h3-11,13-15,17-20,34H,12,16,21H2,1-2H3. The lowest BCUT2D eigenvalue weighted by Gasteiger charge is -2.31. The van der Waals surface area contributed by atoms with Crippen molar-refractivity contribution in [3.05, 3.63) is 149 Å². The molecule has 0 saturated heterocycles. The van der Waals surface area contributed by atoms with Crippen LogP contribution in [-0.2, 0) is 13.0 Å². The highest BCUT2D eigenvalue weighted by Gasteiger charge is 2.33. The lowest BCUT2D eigenvalue weighted by molar-refractivity contribution is 0.306. The van der Waals surface area contributed by atoms with Gasteiger partial charge in [-0.2, -0.15) is 0 Å². The number of methoxy groups -OCH3 is 2. The van der Waals surface area contributed by atoms with Crippen LogP contribution < -0.4 is 29.1 Å². The highest BCUT2D eigenvalue weighted by molar-refractivity contribution is 9.10. The number of halogens is 1. The molecule has 1 atom stereocenters. The maximum absolute atomic E-state index is 14.2. The van der Waals surface area contributed by atoms with Gasteiger partial charge < -0.3 is 14.2 Å². The van der Waals surface area contributed by atoms with E-state index in [0.29, 0.717) is 27.4 Å². The minimum absolute atomic E-state index is 0.0693.